The van der Waals surface area contributed by atoms with Gasteiger partial charge in [-0.15, -0.1) is 11.8 Å². The lowest BCUT2D eigenvalue weighted by Gasteiger charge is -2.10. The van der Waals surface area contributed by atoms with Crippen molar-refractivity contribution in [2.75, 3.05) is 26.5 Å². The Morgan fingerprint density at radius 2 is 1.38 bits per heavy atom. The molecule has 3 aromatic heterocycles. The Balaban J connectivity index is 2.08. The highest BCUT2D eigenvalue weighted by atomic mass is 32.2. The number of hydrogen-bond acceptors (Lipinski definition) is 7. The minimum absolute atomic E-state index is 0.604. The molecule has 0 aliphatic carbocycles. The van der Waals surface area contributed by atoms with Gasteiger partial charge in [0.15, 0.2) is 0 Å². The highest BCUT2D eigenvalue weighted by Gasteiger charge is 2.11. The minimum Gasteiger partial charge on any atom is -0.497 e. The van der Waals surface area contributed by atoms with Crippen LogP contribution < -0.4 is 15.2 Å². The largest absolute Gasteiger partial charge is 0.497 e. The molecule has 2 N–H and O–H groups in total. The Kier molecular flexibility index (Phi) is 6.04. The summed E-state index contributed by atoms with van der Waals surface area (Å²) in [6, 6.07) is 11.4. The Bertz CT molecular complexity index is 823. The average molecular weight is 368 g/mol. The molecule has 0 bridgehead atoms. The van der Waals surface area contributed by atoms with Gasteiger partial charge in [-0.2, -0.15) is 0 Å². The van der Waals surface area contributed by atoms with Crippen molar-refractivity contribution >= 4 is 11.8 Å². The maximum absolute atomic E-state index is 5.66. The Morgan fingerprint density at radius 1 is 0.846 bits per heavy atom. The van der Waals surface area contributed by atoms with Crippen LogP contribution in [0.2, 0.25) is 0 Å². The molecule has 0 aliphatic heterocycles. The van der Waals surface area contributed by atoms with Crippen molar-refractivity contribution in [2.45, 2.75) is 4.90 Å². The van der Waals surface area contributed by atoms with Crippen LogP contribution in [0.15, 0.2) is 53.7 Å². The van der Waals surface area contributed by atoms with Gasteiger partial charge in [0, 0.05) is 41.7 Å². The van der Waals surface area contributed by atoms with Gasteiger partial charge in [0.05, 0.1) is 37.0 Å². The van der Waals surface area contributed by atoms with Crippen molar-refractivity contribution < 1.29 is 9.47 Å². The van der Waals surface area contributed by atoms with Crippen LogP contribution >= 0.6 is 11.8 Å². The van der Waals surface area contributed by atoms with Gasteiger partial charge in [0.25, 0.3) is 0 Å². The lowest BCUT2D eigenvalue weighted by Crippen LogP contribution is -2.01. The second-order valence-corrected chi connectivity index (χ2v) is 6.54. The average Bonchev–Trinajstić information content (AvgIpc) is 2.72. The number of rotatable bonds is 7. The van der Waals surface area contributed by atoms with E-state index in [-0.39, 0.29) is 0 Å². The molecule has 6 nitrogen and oxygen atoms in total. The number of methoxy groups -OCH3 is 2. The van der Waals surface area contributed by atoms with Crippen molar-refractivity contribution in [3.05, 3.63) is 48.8 Å². The number of ether oxygens (including phenoxy) is 2. The summed E-state index contributed by atoms with van der Waals surface area (Å²) in [6.07, 6.45) is 3.41. The normalized spacial score (nSPS) is 10.6. The van der Waals surface area contributed by atoms with Gasteiger partial charge in [-0.05, 0) is 24.3 Å². The van der Waals surface area contributed by atoms with E-state index in [1.54, 1.807) is 50.5 Å². The van der Waals surface area contributed by atoms with Crippen molar-refractivity contribution in [1.82, 2.24) is 15.0 Å². The first kappa shape index (κ1) is 18.2. The summed E-state index contributed by atoms with van der Waals surface area (Å²) < 4.78 is 10.6. The van der Waals surface area contributed by atoms with E-state index in [1.807, 2.05) is 24.3 Å². The second kappa shape index (κ2) is 8.64. The summed E-state index contributed by atoms with van der Waals surface area (Å²) in [5.41, 5.74) is 8.65. The first-order valence-electron chi connectivity index (χ1n) is 8.09. The summed E-state index contributed by atoms with van der Waals surface area (Å²) in [5, 5.41) is 0. The van der Waals surface area contributed by atoms with E-state index in [1.165, 1.54) is 0 Å². The van der Waals surface area contributed by atoms with Gasteiger partial charge in [-0.1, -0.05) is 0 Å². The summed E-state index contributed by atoms with van der Waals surface area (Å²) in [4.78, 5) is 14.7. The van der Waals surface area contributed by atoms with E-state index in [2.05, 4.69) is 9.97 Å². The van der Waals surface area contributed by atoms with Gasteiger partial charge < -0.3 is 15.2 Å². The predicted molar refractivity (Wildman–Crippen MR) is 104 cm³/mol. The van der Waals surface area contributed by atoms with Gasteiger partial charge >= 0.3 is 0 Å². The fourth-order valence-electron chi connectivity index (χ4n) is 2.38. The molecule has 7 heteroatoms. The van der Waals surface area contributed by atoms with Crippen molar-refractivity contribution in [3.63, 3.8) is 0 Å². The molecule has 0 radical (unpaired) electrons. The molecule has 134 valence electrons. The fraction of sp³-hybridized carbons (Fsp3) is 0.211. The fourth-order valence-corrected chi connectivity index (χ4v) is 3.13. The van der Waals surface area contributed by atoms with E-state index in [4.69, 9.17) is 20.2 Å². The van der Waals surface area contributed by atoms with Crippen LogP contribution in [0.25, 0.3) is 22.8 Å². The smallest absolute Gasteiger partial charge is 0.122 e. The minimum atomic E-state index is 0.604. The third-order valence-corrected chi connectivity index (χ3v) is 4.65. The molecule has 0 unspecified atom stereocenters. The summed E-state index contributed by atoms with van der Waals surface area (Å²) in [5.74, 6) is 2.29. The molecule has 26 heavy (non-hydrogen) atoms. The number of hydrogen-bond donors (Lipinski definition) is 1. The highest BCUT2D eigenvalue weighted by Crippen LogP contribution is 2.30. The van der Waals surface area contributed by atoms with E-state index in [0.717, 1.165) is 44.9 Å². The van der Waals surface area contributed by atoms with Crippen LogP contribution in [0.1, 0.15) is 0 Å². The van der Waals surface area contributed by atoms with Crippen LogP contribution in [0.3, 0.4) is 0 Å². The zero-order valence-corrected chi connectivity index (χ0v) is 15.5. The monoisotopic (exact) mass is 368 g/mol. The SMILES string of the molecule is COc1ccnc(-c2cc(SCCN)cc(-c3cc(OC)ccn3)n2)c1. The number of thioether (sulfide) groups is 1. The van der Waals surface area contributed by atoms with Gasteiger partial charge in [0.2, 0.25) is 0 Å². The van der Waals surface area contributed by atoms with Crippen LogP contribution in [-0.4, -0.2) is 41.5 Å². The van der Waals surface area contributed by atoms with E-state index < -0.39 is 0 Å². The third-order valence-electron chi connectivity index (χ3n) is 3.64. The standard InChI is InChI=1S/C19H20N4O2S/c1-24-13-3-6-21-16(9-13)18-11-15(26-8-5-20)12-19(23-18)17-10-14(25-2)4-7-22-17/h3-4,6-7,9-12H,5,8,20H2,1-2H3. The summed E-state index contributed by atoms with van der Waals surface area (Å²) in [6.45, 7) is 0.604. The molecule has 0 amide bonds. The van der Waals surface area contributed by atoms with Crippen LogP contribution in [-0.2, 0) is 0 Å². The molecule has 0 atom stereocenters. The maximum Gasteiger partial charge on any atom is 0.122 e. The zero-order valence-electron chi connectivity index (χ0n) is 14.7. The molecule has 0 spiro atoms. The Morgan fingerprint density at radius 3 is 1.85 bits per heavy atom. The molecule has 0 saturated heterocycles. The number of nitrogens with zero attached hydrogens (tertiary/aromatic N) is 3. The lowest BCUT2D eigenvalue weighted by molar-refractivity contribution is 0.414. The number of aromatic nitrogens is 3. The topological polar surface area (TPSA) is 83.2 Å². The van der Waals surface area contributed by atoms with Crippen LogP contribution in [0.5, 0.6) is 11.5 Å². The van der Waals surface area contributed by atoms with Gasteiger partial charge in [0.1, 0.15) is 11.5 Å². The Labute approximate surface area is 156 Å². The molecular formula is C19H20N4O2S. The molecule has 3 heterocycles. The zero-order chi connectivity index (χ0) is 18.4. The van der Waals surface area contributed by atoms with Gasteiger partial charge in [-0.3, -0.25) is 9.97 Å². The van der Waals surface area contributed by atoms with Crippen LogP contribution in [0.4, 0.5) is 0 Å². The first-order chi connectivity index (χ1) is 12.7. The van der Waals surface area contributed by atoms with E-state index in [0.29, 0.717) is 6.54 Å². The molecule has 0 saturated carbocycles. The molecule has 0 aliphatic rings. The van der Waals surface area contributed by atoms with Crippen LogP contribution in [0, 0.1) is 0 Å². The second-order valence-electron chi connectivity index (χ2n) is 5.37. The van der Waals surface area contributed by atoms with E-state index >= 15 is 0 Å². The first-order valence-corrected chi connectivity index (χ1v) is 9.08. The predicted octanol–water partition coefficient (Wildman–Crippen LogP) is 3.27. The van der Waals surface area contributed by atoms with Crippen molar-refractivity contribution in [2.24, 2.45) is 5.73 Å². The molecule has 0 aromatic carbocycles. The molecule has 3 rings (SSSR count). The summed E-state index contributed by atoms with van der Waals surface area (Å²) >= 11 is 1.67. The molecule has 0 fully saturated rings. The van der Waals surface area contributed by atoms with E-state index in [9.17, 15) is 0 Å². The number of pyridine rings is 3. The maximum atomic E-state index is 5.66. The molecular weight excluding hydrogens is 348 g/mol. The third kappa shape index (κ3) is 4.30. The Hall–Kier alpha value is -2.64. The quantitative estimate of drug-likeness (QED) is 0.641. The summed E-state index contributed by atoms with van der Waals surface area (Å²) in [7, 11) is 3.26. The van der Waals surface area contributed by atoms with Gasteiger partial charge in [-0.25, -0.2) is 4.98 Å². The number of nitrogens with two attached hydrogens (primary N) is 1. The van der Waals surface area contributed by atoms with Crippen molar-refractivity contribution in [1.29, 1.82) is 0 Å². The molecule has 3 aromatic rings. The lowest BCUT2D eigenvalue weighted by atomic mass is 10.2. The van der Waals surface area contributed by atoms with Crippen molar-refractivity contribution in [3.8, 4) is 34.3 Å². The highest BCUT2D eigenvalue weighted by molar-refractivity contribution is 7.99.